The normalized spacial score (nSPS) is 47.2. The largest absolute Gasteiger partial charge is 0.462 e. The van der Waals surface area contributed by atoms with E-state index >= 15 is 0 Å². The molecule has 4 atom stereocenters. The van der Waals surface area contributed by atoms with Gasteiger partial charge in [-0.15, -0.1) is 0 Å². The quantitative estimate of drug-likeness (QED) is 0.572. The summed E-state index contributed by atoms with van der Waals surface area (Å²) >= 11 is 0. The van der Waals surface area contributed by atoms with Crippen LogP contribution in [0.15, 0.2) is 0 Å². The molecular weight excluding hydrogens is 188 g/mol. The van der Waals surface area contributed by atoms with Crippen LogP contribution in [0, 0.1) is 23.2 Å². The van der Waals surface area contributed by atoms with Crippen LogP contribution in [0.2, 0.25) is 0 Å². The maximum absolute atomic E-state index is 12.0. The zero-order valence-electron chi connectivity index (χ0n) is 9.66. The van der Waals surface area contributed by atoms with Crippen molar-refractivity contribution in [1.82, 2.24) is 0 Å². The van der Waals surface area contributed by atoms with Crippen molar-refractivity contribution in [2.24, 2.45) is 23.2 Å². The molecule has 4 unspecified atom stereocenters. The first-order valence-corrected chi connectivity index (χ1v) is 6.25. The van der Waals surface area contributed by atoms with E-state index in [1.54, 1.807) is 0 Å². The van der Waals surface area contributed by atoms with Gasteiger partial charge in [0.1, 0.15) is 6.10 Å². The van der Waals surface area contributed by atoms with Crippen molar-refractivity contribution in [2.45, 2.75) is 52.1 Å². The van der Waals surface area contributed by atoms with Crippen LogP contribution < -0.4 is 0 Å². The summed E-state index contributed by atoms with van der Waals surface area (Å²) in [6, 6.07) is 0. The predicted octanol–water partition coefficient (Wildman–Crippen LogP) is 2.76. The Morgan fingerprint density at radius 1 is 1.13 bits per heavy atom. The average Bonchev–Trinajstić information content (AvgIpc) is 2.26. The van der Waals surface area contributed by atoms with Gasteiger partial charge in [-0.3, -0.25) is 4.79 Å². The van der Waals surface area contributed by atoms with Crippen LogP contribution in [0.1, 0.15) is 46.0 Å². The molecular formula is C13H20O2. The minimum absolute atomic E-state index is 0.0906. The van der Waals surface area contributed by atoms with Gasteiger partial charge < -0.3 is 4.74 Å². The first-order chi connectivity index (χ1) is 7.04. The summed E-state index contributed by atoms with van der Waals surface area (Å²) in [5.74, 6) is 1.82. The molecule has 84 valence electrons. The Labute approximate surface area is 91.4 Å². The highest BCUT2D eigenvalue weighted by atomic mass is 16.5. The lowest BCUT2D eigenvalue weighted by Crippen LogP contribution is -2.37. The van der Waals surface area contributed by atoms with Crippen LogP contribution in [0.25, 0.3) is 0 Å². The molecule has 1 heterocycles. The molecule has 0 spiro atoms. The van der Waals surface area contributed by atoms with E-state index in [1.165, 1.54) is 12.8 Å². The van der Waals surface area contributed by atoms with Gasteiger partial charge in [0, 0.05) is 0 Å². The van der Waals surface area contributed by atoms with E-state index in [1.807, 2.05) is 0 Å². The van der Waals surface area contributed by atoms with E-state index in [4.69, 9.17) is 4.74 Å². The molecule has 3 rings (SSSR count). The molecule has 15 heavy (non-hydrogen) atoms. The number of hydrogen-bond acceptors (Lipinski definition) is 2. The molecule has 3 fully saturated rings. The van der Waals surface area contributed by atoms with Gasteiger partial charge in [-0.25, -0.2) is 0 Å². The van der Waals surface area contributed by atoms with Crippen LogP contribution in [0.5, 0.6) is 0 Å². The van der Waals surface area contributed by atoms with Crippen LogP contribution in [0.3, 0.4) is 0 Å². The SMILES string of the molecule is CC1(C)CC2CC3CC(C2)OC(=O)C1C3. The number of ether oxygens (including phenoxy) is 1. The lowest BCUT2D eigenvalue weighted by atomic mass is 9.72. The second-order valence-corrected chi connectivity index (χ2v) is 6.48. The topological polar surface area (TPSA) is 26.3 Å². The van der Waals surface area contributed by atoms with E-state index in [0.29, 0.717) is 0 Å². The van der Waals surface area contributed by atoms with E-state index in [2.05, 4.69) is 13.8 Å². The first kappa shape index (κ1) is 9.68. The monoisotopic (exact) mass is 208 g/mol. The van der Waals surface area contributed by atoms with Crippen molar-refractivity contribution in [3.05, 3.63) is 0 Å². The summed E-state index contributed by atoms with van der Waals surface area (Å²) in [5, 5.41) is 0. The van der Waals surface area contributed by atoms with Gasteiger partial charge in [0.05, 0.1) is 5.92 Å². The van der Waals surface area contributed by atoms with Crippen molar-refractivity contribution in [3.63, 3.8) is 0 Å². The third kappa shape index (κ3) is 1.49. The van der Waals surface area contributed by atoms with Gasteiger partial charge in [0.25, 0.3) is 0 Å². The fourth-order valence-electron chi connectivity index (χ4n) is 4.16. The molecule has 0 aromatic heterocycles. The predicted molar refractivity (Wildman–Crippen MR) is 57.2 cm³/mol. The smallest absolute Gasteiger partial charge is 0.309 e. The van der Waals surface area contributed by atoms with Crippen molar-refractivity contribution in [3.8, 4) is 0 Å². The molecule has 0 amide bonds. The van der Waals surface area contributed by atoms with Crippen molar-refractivity contribution in [2.75, 3.05) is 0 Å². The highest BCUT2D eigenvalue weighted by Crippen LogP contribution is 2.51. The second kappa shape index (κ2) is 2.99. The number of fused-ring (bicyclic) bond motifs is 3. The molecule has 4 bridgehead atoms. The molecule has 2 saturated carbocycles. The van der Waals surface area contributed by atoms with Gasteiger partial charge in [-0.2, -0.15) is 0 Å². The maximum atomic E-state index is 12.0. The molecule has 3 aliphatic rings. The molecule has 2 aliphatic carbocycles. The van der Waals surface area contributed by atoms with E-state index in [0.717, 1.165) is 31.1 Å². The zero-order valence-corrected chi connectivity index (χ0v) is 9.66. The molecule has 0 radical (unpaired) electrons. The Morgan fingerprint density at radius 2 is 1.87 bits per heavy atom. The lowest BCUT2D eigenvalue weighted by Gasteiger charge is -2.37. The number of rotatable bonds is 0. The minimum Gasteiger partial charge on any atom is -0.462 e. The van der Waals surface area contributed by atoms with Gasteiger partial charge in [0.2, 0.25) is 0 Å². The molecule has 2 heteroatoms. The zero-order chi connectivity index (χ0) is 10.6. The third-order valence-corrected chi connectivity index (χ3v) is 4.75. The van der Waals surface area contributed by atoms with Gasteiger partial charge in [0.15, 0.2) is 0 Å². The molecule has 1 saturated heterocycles. The maximum Gasteiger partial charge on any atom is 0.309 e. The number of carbonyl (C=O) groups is 1. The minimum atomic E-state index is 0.0906. The molecule has 0 aromatic carbocycles. The Balaban J connectivity index is 2.00. The van der Waals surface area contributed by atoms with Crippen molar-refractivity contribution in [1.29, 1.82) is 0 Å². The summed E-state index contributed by atoms with van der Waals surface area (Å²) in [6.45, 7) is 4.50. The second-order valence-electron chi connectivity index (χ2n) is 6.48. The van der Waals surface area contributed by atoms with Gasteiger partial charge in [-0.05, 0) is 49.4 Å². The van der Waals surface area contributed by atoms with Gasteiger partial charge >= 0.3 is 5.97 Å². The Morgan fingerprint density at radius 3 is 2.67 bits per heavy atom. The summed E-state index contributed by atoms with van der Waals surface area (Å²) in [5.41, 5.74) is 0.159. The highest BCUT2D eigenvalue weighted by molar-refractivity contribution is 5.74. The van der Waals surface area contributed by atoms with Crippen LogP contribution in [-0.4, -0.2) is 12.1 Å². The number of hydrogen-bond donors (Lipinski definition) is 0. The molecule has 0 N–H and O–H groups in total. The summed E-state index contributed by atoms with van der Waals surface area (Å²) in [6.07, 6.45) is 6.15. The van der Waals surface area contributed by atoms with Crippen molar-refractivity contribution >= 4 is 5.97 Å². The van der Waals surface area contributed by atoms with E-state index in [-0.39, 0.29) is 23.4 Å². The van der Waals surface area contributed by atoms with Crippen LogP contribution in [0.4, 0.5) is 0 Å². The standard InChI is InChI=1S/C13H20O2/c1-13(2)7-9-3-8-4-10(5-9)15-12(14)11(13)6-8/h8-11H,3-7H2,1-2H3. The van der Waals surface area contributed by atoms with Crippen molar-refractivity contribution < 1.29 is 9.53 Å². The third-order valence-electron chi connectivity index (χ3n) is 4.75. The highest BCUT2D eigenvalue weighted by Gasteiger charge is 2.49. The molecule has 0 aromatic rings. The Kier molecular flexibility index (Phi) is 1.93. The van der Waals surface area contributed by atoms with E-state index in [9.17, 15) is 4.79 Å². The average molecular weight is 208 g/mol. The fraction of sp³-hybridized carbons (Fsp3) is 0.923. The fourth-order valence-corrected chi connectivity index (χ4v) is 4.16. The first-order valence-electron chi connectivity index (χ1n) is 6.25. The number of esters is 1. The summed E-state index contributed by atoms with van der Waals surface area (Å²) in [4.78, 5) is 12.0. The number of carbonyl (C=O) groups excluding carboxylic acids is 1. The molecule has 1 aliphatic heterocycles. The van der Waals surface area contributed by atoms with Crippen LogP contribution in [-0.2, 0) is 9.53 Å². The van der Waals surface area contributed by atoms with Crippen LogP contribution >= 0.6 is 0 Å². The Bertz CT molecular complexity index is 295. The Hall–Kier alpha value is -0.530. The summed E-state index contributed by atoms with van der Waals surface area (Å²) < 4.78 is 5.61. The van der Waals surface area contributed by atoms with E-state index < -0.39 is 0 Å². The van der Waals surface area contributed by atoms with Gasteiger partial charge in [-0.1, -0.05) is 13.8 Å². The lowest BCUT2D eigenvalue weighted by molar-refractivity contribution is -0.160. The summed E-state index contributed by atoms with van der Waals surface area (Å²) in [7, 11) is 0. The molecule has 2 nitrogen and oxygen atoms in total.